The number of hydrogen-bond donors (Lipinski definition) is 0. The lowest BCUT2D eigenvalue weighted by Gasteiger charge is -2.12. The Morgan fingerprint density at radius 1 is 1.50 bits per heavy atom. The van der Waals surface area contributed by atoms with Crippen LogP contribution in [0, 0.1) is 0 Å². The number of hydrogen-bond acceptors (Lipinski definition) is 3. The molecule has 0 aromatic heterocycles. The van der Waals surface area contributed by atoms with E-state index < -0.39 is 0 Å². The van der Waals surface area contributed by atoms with Crippen LogP contribution in [0.5, 0.6) is 5.75 Å². The van der Waals surface area contributed by atoms with Gasteiger partial charge in [0.05, 0.1) is 7.11 Å². The fourth-order valence-electron chi connectivity index (χ4n) is 1.65. The fraction of sp³-hybridized carbons (Fsp3) is 0.250. The summed E-state index contributed by atoms with van der Waals surface area (Å²) < 4.78 is 10.4. The average Bonchev–Trinajstić information content (AvgIpc) is 2.71. The zero-order valence-electron chi connectivity index (χ0n) is 8.77. The second-order valence-electron chi connectivity index (χ2n) is 3.40. The molecule has 0 spiro atoms. The molecule has 1 aromatic carbocycles. The van der Waals surface area contributed by atoms with E-state index in [9.17, 15) is 4.79 Å². The Hall–Kier alpha value is -1.29. The largest absolute Gasteiger partial charge is 0.497 e. The second kappa shape index (κ2) is 4.70. The van der Waals surface area contributed by atoms with E-state index in [4.69, 9.17) is 9.47 Å². The molecular weight excluding hydrogens is 272 g/mol. The van der Waals surface area contributed by atoms with Crippen molar-refractivity contribution in [2.75, 3.05) is 12.4 Å². The van der Waals surface area contributed by atoms with Crippen LogP contribution in [-0.2, 0) is 9.53 Å². The predicted molar refractivity (Wildman–Crippen MR) is 64.7 cm³/mol. The zero-order valence-corrected chi connectivity index (χ0v) is 10.4. The van der Waals surface area contributed by atoms with Crippen LogP contribution in [0.3, 0.4) is 0 Å². The third-order valence-corrected chi connectivity index (χ3v) is 2.88. The lowest BCUT2D eigenvalue weighted by molar-refractivity contribution is -0.143. The minimum absolute atomic E-state index is 0.205. The molecule has 0 saturated carbocycles. The number of alkyl halides is 1. The van der Waals surface area contributed by atoms with Gasteiger partial charge in [0, 0.05) is 5.56 Å². The van der Waals surface area contributed by atoms with Crippen LogP contribution in [0.1, 0.15) is 17.2 Å². The zero-order chi connectivity index (χ0) is 11.5. The van der Waals surface area contributed by atoms with E-state index in [1.54, 1.807) is 7.11 Å². The average molecular weight is 283 g/mol. The summed E-state index contributed by atoms with van der Waals surface area (Å²) in [6.45, 7) is 0. The molecule has 3 nitrogen and oxygen atoms in total. The number of benzene rings is 1. The number of methoxy groups -OCH3 is 1. The van der Waals surface area contributed by atoms with E-state index in [0.29, 0.717) is 0 Å². The van der Waals surface area contributed by atoms with Gasteiger partial charge >= 0.3 is 5.97 Å². The number of halogens is 1. The summed E-state index contributed by atoms with van der Waals surface area (Å²) >= 11 is 3.07. The van der Waals surface area contributed by atoms with Crippen molar-refractivity contribution in [2.24, 2.45) is 0 Å². The van der Waals surface area contributed by atoms with Gasteiger partial charge in [-0.1, -0.05) is 28.1 Å². The van der Waals surface area contributed by atoms with Gasteiger partial charge in [-0.15, -0.1) is 0 Å². The second-order valence-corrected chi connectivity index (χ2v) is 3.96. The van der Waals surface area contributed by atoms with E-state index in [-0.39, 0.29) is 17.4 Å². The van der Waals surface area contributed by atoms with Gasteiger partial charge in [-0.3, -0.25) is 4.79 Å². The first kappa shape index (κ1) is 11.2. The van der Waals surface area contributed by atoms with Crippen molar-refractivity contribution in [3.8, 4) is 5.75 Å². The summed E-state index contributed by atoms with van der Waals surface area (Å²) in [6.07, 6.45) is 3.51. The van der Waals surface area contributed by atoms with Gasteiger partial charge in [0.15, 0.2) is 0 Å². The van der Waals surface area contributed by atoms with Crippen LogP contribution in [0.2, 0.25) is 0 Å². The monoisotopic (exact) mass is 282 g/mol. The van der Waals surface area contributed by atoms with Crippen LogP contribution < -0.4 is 4.74 Å². The van der Waals surface area contributed by atoms with Crippen molar-refractivity contribution in [1.82, 2.24) is 0 Å². The van der Waals surface area contributed by atoms with Crippen molar-refractivity contribution < 1.29 is 14.3 Å². The Kier molecular flexibility index (Phi) is 3.29. The lowest BCUT2D eigenvalue weighted by atomic mass is 10.1. The van der Waals surface area contributed by atoms with Gasteiger partial charge in [-0.2, -0.15) is 0 Å². The molecule has 0 N–H and O–H groups in total. The van der Waals surface area contributed by atoms with Crippen LogP contribution in [-0.4, -0.2) is 18.4 Å². The standard InChI is InChI=1S/C12H11BrO3/c1-15-9-4-2-8-3-5-11(10(8)6-9)16-12(14)7-13/h2-6,11H,7H2,1H3. The van der Waals surface area contributed by atoms with Crippen LogP contribution in [0.25, 0.3) is 6.08 Å². The number of fused-ring (bicyclic) bond motifs is 1. The smallest absolute Gasteiger partial charge is 0.317 e. The molecule has 0 heterocycles. The van der Waals surface area contributed by atoms with Crippen LogP contribution >= 0.6 is 15.9 Å². The molecule has 0 amide bonds. The molecule has 1 aliphatic carbocycles. The number of carbonyl (C=O) groups excluding carboxylic acids is 1. The molecule has 4 heteroatoms. The maximum atomic E-state index is 11.2. The van der Waals surface area contributed by atoms with Crippen LogP contribution in [0.4, 0.5) is 0 Å². The molecule has 1 aliphatic rings. The maximum absolute atomic E-state index is 11.2. The summed E-state index contributed by atoms with van der Waals surface area (Å²) in [5, 5.41) is 0.205. The van der Waals surface area contributed by atoms with Gasteiger partial charge in [0.2, 0.25) is 0 Å². The molecule has 1 aromatic rings. The first-order valence-corrected chi connectivity index (χ1v) is 5.98. The molecule has 0 fully saturated rings. The molecule has 0 saturated heterocycles. The SMILES string of the molecule is COc1ccc2c(c1)C(OC(=O)CBr)C=C2. The minimum atomic E-state index is -0.296. The molecule has 2 rings (SSSR count). The molecule has 0 radical (unpaired) electrons. The van der Waals surface area contributed by atoms with E-state index in [0.717, 1.165) is 16.9 Å². The van der Waals surface area contributed by atoms with Crippen LogP contribution in [0.15, 0.2) is 24.3 Å². The Balaban J connectivity index is 2.23. The van der Waals surface area contributed by atoms with Crippen molar-refractivity contribution in [3.05, 3.63) is 35.4 Å². The third kappa shape index (κ3) is 2.11. The summed E-state index contributed by atoms with van der Waals surface area (Å²) in [5.74, 6) is 0.493. The summed E-state index contributed by atoms with van der Waals surface area (Å²) in [7, 11) is 1.61. The van der Waals surface area contributed by atoms with Gasteiger partial charge in [-0.05, 0) is 23.8 Å². The Bertz CT molecular complexity index is 440. The molecule has 0 aliphatic heterocycles. The normalized spacial score (nSPS) is 17.0. The Morgan fingerprint density at radius 3 is 3.00 bits per heavy atom. The Labute approximate surface area is 102 Å². The summed E-state index contributed by atoms with van der Waals surface area (Å²) in [5.41, 5.74) is 2.03. The number of esters is 1. The van der Waals surface area contributed by atoms with Crippen molar-refractivity contribution in [2.45, 2.75) is 6.10 Å². The number of ether oxygens (including phenoxy) is 2. The molecule has 0 bridgehead atoms. The molecule has 1 unspecified atom stereocenters. The van der Waals surface area contributed by atoms with Gasteiger partial charge in [0.25, 0.3) is 0 Å². The predicted octanol–water partition coefficient (Wildman–Crippen LogP) is 2.70. The lowest BCUT2D eigenvalue weighted by Crippen LogP contribution is -2.09. The van der Waals surface area contributed by atoms with Crippen molar-refractivity contribution in [1.29, 1.82) is 0 Å². The highest BCUT2D eigenvalue weighted by Crippen LogP contribution is 2.33. The summed E-state index contributed by atoms with van der Waals surface area (Å²) in [4.78, 5) is 11.2. The van der Waals surface area contributed by atoms with Crippen molar-refractivity contribution >= 4 is 28.0 Å². The van der Waals surface area contributed by atoms with E-state index in [2.05, 4.69) is 15.9 Å². The quantitative estimate of drug-likeness (QED) is 0.632. The first-order chi connectivity index (χ1) is 7.74. The highest BCUT2D eigenvalue weighted by atomic mass is 79.9. The summed E-state index contributed by atoms with van der Waals surface area (Å²) in [6, 6.07) is 5.73. The highest BCUT2D eigenvalue weighted by molar-refractivity contribution is 9.09. The van der Waals surface area contributed by atoms with Gasteiger partial charge in [-0.25, -0.2) is 0 Å². The number of rotatable bonds is 3. The highest BCUT2D eigenvalue weighted by Gasteiger charge is 2.21. The van der Waals surface area contributed by atoms with Gasteiger partial charge in [0.1, 0.15) is 17.2 Å². The molecule has 84 valence electrons. The van der Waals surface area contributed by atoms with E-state index in [1.807, 2.05) is 30.4 Å². The number of carbonyl (C=O) groups is 1. The molecule has 1 atom stereocenters. The molecule has 16 heavy (non-hydrogen) atoms. The topological polar surface area (TPSA) is 35.5 Å². The first-order valence-electron chi connectivity index (χ1n) is 4.86. The van der Waals surface area contributed by atoms with Gasteiger partial charge < -0.3 is 9.47 Å². The van der Waals surface area contributed by atoms with E-state index >= 15 is 0 Å². The maximum Gasteiger partial charge on any atom is 0.317 e. The van der Waals surface area contributed by atoms with Crippen molar-refractivity contribution in [3.63, 3.8) is 0 Å². The minimum Gasteiger partial charge on any atom is -0.497 e. The van der Waals surface area contributed by atoms with E-state index in [1.165, 1.54) is 0 Å². The third-order valence-electron chi connectivity index (χ3n) is 2.42. The molecular formula is C12H11BrO3. The Morgan fingerprint density at radius 2 is 2.31 bits per heavy atom. The fourth-order valence-corrected chi connectivity index (χ4v) is 1.78.